The Kier molecular flexibility index (Phi) is 34.0. The third-order valence-corrected chi connectivity index (χ3v) is 11.2. The molecule has 1 fully saturated rings. The summed E-state index contributed by atoms with van der Waals surface area (Å²) in [5, 5.41) is 30.9. The van der Waals surface area contributed by atoms with Gasteiger partial charge in [-0.25, -0.2) is 0 Å². The lowest BCUT2D eigenvalue weighted by atomic mass is 10.00. The highest BCUT2D eigenvalue weighted by molar-refractivity contribution is 7.85. The van der Waals surface area contributed by atoms with Crippen LogP contribution in [0.1, 0.15) is 187 Å². The van der Waals surface area contributed by atoms with Gasteiger partial charge in [0.1, 0.15) is 36.8 Å². The largest absolute Gasteiger partial charge is 0.462 e. The van der Waals surface area contributed by atoms with Gasteiger partial charge in [0.15, 0.2) is 12.4 Å². The van der Waals surface area contributed by atoms with E-state index in [0.29, 0.717) is 19.3 Å². The van der Waals surface area contributed by atoms with Crippen LogP contribution in [-0.2, 0) is 38.7 Å². The van der Waals surface area contributed by atoms with Crippen molar-refractivity contribution >= 4 is 22.1 Å². The second kappa shape index (κ2) is 36.5. The van der Waals surface area contributed by atoms with Crippen molar-refractivity contribution in [1.29, 1.82) is 0 Å². The number of esters is 2. The molecule has 0 aliphatic carbocycles. The van der Waals surface area contributed by atoms with Gasteiger partial charge in [0.05, 0.1) is 6.61 Å². The highest BCUT2D eigenvalue weighted by atomic mass is 32.2. The van der Waals surface area contributed by atoms with Gasteiger partial charge in [-0.3, -0.25) is 14.1 Å². The van der Waals surface area contributed by atoms with Crippen molar-refractivity contribution in [3.63, 3.8) is 0 Å². The van der Waals surface area contributed by atoms with Crippen molar-refractivity contribution in [3.8, 4) is 0 Å². The molecule has 1 saturated heterocycles. The predicted molar refractivity (Wildman–Crippen MR) is 233 cm³/mol. The van der Waals surface area contributed by atoms with Crippen LogP contribution >= 0.6 is 0 Å². The Morgan fingerprint density at radius 2 is 1.03 bits per heavy atom. The SMILES string of the molecule is CCCCCCC/C=C/CCCCCCCC(=O)OC[C@H](CO[C@H]1O[C@H](CS(=O)(=O)O)[C@@H](O)C(O)C1O)OC(=O)CCC/C=C/C/C=C/CCCCCCCCCCC. The standard InChI is InChI=1S/C46H82O12S/c1-3-5-7-9-11-13-15-17-19-20-21-23-25-27-29-31-33-35-42(48)57-39(37-56-46-45(51)44(50)43(49)40(58-46)38-59(52,53)54)36-55-41(47)34-32-30-28-26-24-22-18-16-14-12-10-8-6-4-2/h16,18,21,23,27,29,39-40,43-46,49-51H,3-15,17,19-20,22,24-26,28,30-38H2,1-2H3,(H,52,53,54)/b18-16+,23-21+,29-27+/t39-,40-,43-,44?,45?,46+/m1/s1. The summed E-state index contributed by atoms with van der Waals surface area (Å²) in [6, 6.07) is 0. The van der Waals surface area contributed by atoms with Gasteiger partial charge < -0.3 is 34.3 Å². The van der Waals surface area contributed by atoms with Crippen molar-refractivity contribution in [3.05, 3.63) is 36.5 Å². The zero-order valence-electron chi connectivity index (χ0n) is 36.6. The smallest absolute Gasteiger partial charge is 0.306 e. The van der Waals surface area contributed by atoms with E-state index in [0.717, 1.165) is 51.4 Å². The lowest BCUT2D eigenvalue weighted by Gasteiger charge is -2.40. The minimum Gasteiger partial charge on any atom is -0.462 e. The van der Waals surface area contributed by atoms with E-state index in [4.69, 9.17) is 18.9 Å². The summed E-state index contributed by atoms with van der Waals surface area (Å²) >= 11 is 0. The van der Waals surface area contributed by atoms with Gasteiger partial charge in [0.2, 0.25) is 0 Å². The first-order chi connectivity index (χ1) is 28.5. The molecule has 0 bridgehead atoms. The van der Waals surface area contributed by atoms with Gasteiger partial charge in [-0.05, 0) is 64.2 Å². The molecule has 0 radical (unpaired) electrons. The Labute approximate surface area is 357 Å². The highest BCUT2D eigenvalue weighted by Gasteiger charge is 2.46. The topological polar surface area (TPSA) is 186 Å². The third kappa shape index (κ3) is 31.4. The first kappa shape index (κ1) is 54.9. The van der Waals surface area contributed by atoms with Crippen LogP contribution in [0.5, 0.6) is 0 Å². The second-order valence-corrected chi connectivity index (χ2v) is 17.6. The molecule has 4 N–H and O–H groups in total. The zero-order chi connectivity index (χ0) is 43.4. The number of aliphatic hydroxyl groups excluding tert-OH is 3. The van der Waals surface area contributed by atoms with Crippen LogP contribution in [0.3, 0.4) is 0 Å². The van der Waals surface area contributed by atoms with E-state index >= 15 is 0 Å². The van der Waals surface area contributed by atoms with E-state index in [1.165, 1.54) is 89.9 Å². The molecule has 0 aromatic heterocycles. The molecule has 0 amide bonds. The Bertz CT molecular complexity index is 1240. The highest BCUT2D eigenvalue weighted by Crippen LogP contribution is 2.24. The van der Waals surface area contributed by atoms with Crippen LogP contribution in [0.25, 0.3) is 0 Å². The van der Waals surface area contributed by atoms with E-state index in [1.54, 1.807) is 0 Å². The fourth-order valence-electron chi connectivity index (χ4n) is 6.83. The average Bonchev–Trinajstić information content (AvgIpc) is 3.20. The molecule has 1 heterocycles. The number of rotatable bonds is 38. The molecule has 12 nitrogen and oxygen atoms in total. The number of hydrogen-bond donors (Lipinski definition) is 4. The van der Waals surface area contributed by atoms with Gasteiger partial charge >= 0.3 is 11.9 Å². The monoisotopic (exact) mass is 859 g/mol. The first-order valence-electron chi connectivity index (χ1n) is 23.0. The van der Waals surface area contributed by atoms with Crippen LogP contribution in [0.4, 0.5) is 0 Å². The molecule has 0 saturated carbocycles. The fraction of sp³-hybridized carbons (Fsp3) is 0.826. The molecule has 1 rings (SSSR count). The van der Waals surface area contributed by atoms with Crippen LogP contribution in [0.15, 0.2) is 36.5 Å². The van der Waals surface area contributed by atoms with Crippen LogP contribution < -0.4 is 0 Å². The van der Waals surface area contributed by atoms with Crippen LogP contribution in [0, 0.1) is 0 Å². The summed E-state index contributed by atoms with van der Waals surface area (Å²) in [5.74, 6) is -2.05. The molecule has 1 aliphatic heterocycles. The zero-order valence-corrected chi connectivity index (χ0v) is 37.4. The Balaban J connectivity index is 2.48. The first-order valence-corrected chi connectivity index (χ1v) is 24.7. The molecule has 13 heteroatoms. The number of unbranched alkanes of at least 4 members (excludes halogenated alkanes) is 20. The van der Waals surface area contributed by atoms with Crippen molar-refractivity contribution in [1.82, 2.24) is 0 Å². The number of carbonyl (C=O) groups is 2. The maximum atomic E-state index is 12.8. The van der Waals surface area contributed by atoms with Crippen molar-refractivity contribution in [2.24, 2.45) is 0 Å². The van der Waals surface area contributed by atoms with E-state index in [-0.39, 0.29) is 19.4 Å². The number of aliphatic hydroxyl groups is 3. The summed E-state index contributed by atoms with van der Waals surface area (Å²) in [6.45, 7) is 3.71. The Morgan fingerprint density at radius 3 is 1.56 bits per heavy atom. The number of hydrogen-bond acceptors (Lipinski definition) is 11. The number of ether oxygens (including phenoxy) is 4. The Morgan fingerprint density at radius 1 is 0.576 bits per heavy atom. The molecular weight excluding hydrogens is 777 g/mol. The summed E-state index contributed by atoms with van der Waals surface area (Å²) in [6.07, 6.45) is 32.0. The van der Waals surface area contributed by atoms with E-state index in [9.17, 15) is 37.9 Å². The van der Waals surface area contributed by atoms with E-state index in [2.05, 4.69) is 44.2 Å². The van der Waals surface area contributed by atoms with Crippen molar-refractivity contribution < 1.29 is 56.8 Å². The normalized spacial score (nSPS) is 20.5. The van der Waals surface area contributed by atoms with Crippen LogP contribution in [-0.4, -0.2) is 96.0 Å². The predicted octanol–water partition coefficient (Wildman–Crippen LogP) is 9.39. The summed E-state index contributed by atoms with van der Waals surface area (Å²) in [7, 11) is -4.61. The maximum absolute atomic E-state index is 12.8. The van der Waals surface area contributed by atoms with Gasteiger partial charge in [-0.1, -0.05) is 147 Å². The van der Waals surface area contributed by atoms with E-state index < -0.39 is 71.2 Å². The molecule has 2 unspecified atom stereocenters. The summed E-state index contributed by atoms with van der Waals surface area (Å²) in [4.78, 5) is 25.4. The lowest BCUT2D eigenvalue weighted by Crippen LogP contribution is -2.60. The van der Waals surface area contributed by atoms with Crippen molar-refractivity contribution in [2.45, 2.75) is 224 Å². The van der Waals surface area contributed by atoms with Crippen molar-refractivity contribution in [2.75, 3.05) is 19.0 Å². The summed E-state index contributed by atoms with van der Waals surface area (Å²) in [5.41, 5.74) is 0. The molecule has 0 aromatic carbocycles. The second-order valence-electron chi connectivity index (χ2n) is 16.1. The minimum atomic E-state index is -4.61. The summed E-state index contributed by atoms with van der Waals surface area (Å²) < 4.78 is 54.0. The fourth-order valence-corrected chi connectivity index (χ4v) is 7.52. The molecule has 1 aliphatic rings. The maximum Gasteiger partial charge on any atom is 0.306 e. The van der Waals surface area contributed by atoms with Gasteiger partial charge in [-0.2, -0.15) is 8.42 Å². The van der Waals surface area contributed by atoms with E-state index in [1.807, 2.05) is 6.08 Å². The lowest BCUT2D eigenvalue weighted by molar-refractivity contribution is -0.297. The molecule has 0 aromatic rings. The number of allylic oxidation sites excluding steroid dienone is 6. The van der Waals surface area contributed by atoms with Gasteiger partial charge in [0.25, 0.3) is 10.1 Å². The average molecular weight is 859 g/mol. The molecule has 0 spiro atoms. The molecule has 6 atom stereocenters. The number of carbonyl (C=O) groups excluding carboxylic acids is 2. The van der Waals surface area contributed by atoms with Gasteiger partial charge in [-0.15, -0.1) is 0 Å². The quantitative estimate of drug-likeness (QED) is 0.0200. The third-order valence-electron chi connectivity index (χ3n) is 10.4. The van der Waals surface area contributed by atoms with Crippen LogP contribution in [0.2, 0.25) is 0 Å². The van der Waals surface area contributed by atoms with Gasteiger partial charge in [0, 0.05) is 12.8 Å². The minimum absolute atomic E-state index is 0.0992. The molecule has 59 heavy (non-hydrogen) atoms. The Hall–Kier alpha value is -2.13. The molecular formula is C46H82O12S. The molecule has 344 valence electrons.